The zero-order valence-corrected chi connectivity index (χ0v) is 11.1. The first-order valence-corrected chi connectivity index (χ1v) is 7.31. The van der Waals surface area contributed by atoms with Crippen molar-refractivity contribution in [2.45, 2.75) is 16.1 Å². The second-order valence-corrected chi connectivity index (χ2v) is 7.35. The SMILES string of the molecule is O=C1[C@@H]2[C@H]3C[C@H]4[C@@H]2C(=O)[C@H](Br)[C@@H]4[C@H]3[C@@H]1Br. The standard InChI is InChI=1S/C11H10Br2O2/c12-8-4-2-1-3-5(4)9(13)11(15)7(3)6(2)10(8)14/h2-9H,1H2/t2-,3+,4-,5-,6+,7-,8-,9+/m0/s1. The third-order valence-corrected chi connectivity index (χ3v) is 7.29. The second kappa shape index (κ2) is 2.58. The number of hydrogen-bond donors (Lipinski definition) is 0. The quantitative estimate of drug-likeness (QED) is 0.633. The molecule has 4 aliphatic carbocycles. The van der Waals surface area contributed by atoms with Crippen LogP contribution in [0.2, 0.25) is 0 Å². The van der Waals surface area contributed by atoms with Crippen LogP contribution >= 0.6 is 31.9 Å². The first-order valence-electron chi connectivity index (χ1n) is 5.48. The highest BCUT2D eigenvalue weighted by atomic mass is 79.9. The lowest BCUT2D eigenvalue weighted by Gasteiger charge is -2.25. The van der Waals surface area contributed by atoms with Gasteiger partial charge in [-0.05, 0) is 30.1 Å². The van der Waals surface area contributed by atoms with Gasteiger partial charge in [-0.25, -0.2) is 0 Å². The van der Waals surface area contributed by atoms with Crippen LogP contribution in [0.1, 0.15) is 6.42 Å². The summed E-state index contributed by atoms with van der Waals surface area (Å²) in [6.45, 7) is 0. The number of Topliss-reactive ketones (excluding diaryl/α,β-unsaturated/α-hetero) is 2. The fraction of sp³-hybridized carbons (Fsp3) is 0.818. The molecule has 0 aromatic heterocycles. The third kappa shape index (κ3) is 0.791. The molecular formula is C11H10Br2O2. The van der Waals surface area contributed by atoms with Crippen LogP contribution in [0.3, 0.4) is 0 Å². The minimum atomic E-state index is 0.0284. The molecule has 0 saturated heterocycles. The Morgan fingerprint density at radius 3 is 1.67 bits per heavy atom. The molecule has 0 amide bonds. The summed E-state index contributed by atoms with van der Waals surface area (Å²) in [5.74, 6) is 2.63. The van der Waals surface area contributed by atoms with Crippen LogP contribution in [0.4, 0.5) is 0 Å². The Kier molecular flexibility index (Phi) is 1.61. The second-order valence-electron chi connectivity index (χ2n) is 5.38. The van der Waals surface area contributed by atoms with Crippen molar-refractivity contribution in [2.75, 3.05) is 0 Å². The van der Waals surface area contributed by atoms with E-state index >= 15 is 0 Å². The van der Waals surface area contributed by atoms with E-state index in [0.29, 0.717) is 35.2 Å². The number of carbonyl (C=O) groups excluding carboxylic acids is 2. The van der Waals surface area contributed by atoms with Crippen LogP contribution in [0.15, 0.2) is 0 Å². The van der Waals surface area contributed by atoms with Crippen LogP contribution in [0.25, 0.3) is 0 Å². The Morgan fingerprint density at radius 1 is 0.867 bits per heavy atom. The van der Waals surface area contributed by atoms with Gasteiger partial charge in [-0.3, -0.25) is 9.59 Å². The number of carbonyl (C=O) groups is 2. The summed E-state index contributed by atoms with van der Waals surface area (Å²) < 4.78 is 0. The van der Waals surface area contributed by atoms with E-state index in [2.05, 4.69) is 31.9 Å². The maximum Gasteiger partial charge on any atom is 0.150 e. The zero-order valence-electron chi connectivity index (χ0n) is 7.90. The monoisotopic (exact) mass is 332 g/mol. The van der Waals surface area contributed by atoms with E-state index in [1.165, 1.54) is 0 Å². The molecule has 0 N–H and O–H groups in total. The van der Waals surface area contributed by atoms with E-state index in [1.807, 2.05) is 0 Å². The van der Waals surface area contributed by atoms with Gasteiger partial charge in [0.05, 0.1) is 9.65 Å². The van der Waals surface area contributed by atoms with Crippen molar-refractivity contribution in [2.24, 2.45) is 35.5 Å². The minimum absolute atomic E-state index is 0.0284. The molecule has 8 atom stereocenters. The molecule has 15 heavy (non-hydrogen) atoms. The summed E-state index contributed by atoms with van der Waals surface area (Å²) in [4.78, 5) is 24.2. The lowest BCUT2D eigenvalue weighted by Crippen LogP contribution is -2.29. The molecule has 0 heterocycles. The predicted molar refractivity (Wildman–Crippen MR) is 61.0 cm³/mol. The first kappa shape index (κ1) is 9.34. The number of rotatable bonds is 0. The Labute approximate surface area is 104 Å². The minimum Gasteiger partial charge on any atom is -0.298 e. The topological polar surface area (TPSA) is 34.1 Å². The van der Waals surface area contributed by atoms with Crippen molar-refractivity contribution in [1.29, 1.82) is 0 Å². The summed E-state index contributed by atoms with van der Waals surface area (Å²) >= 11 is 7.09. The maximum absolute atomic E-state index is 12.1. The van der Waals surface area contributed by atoms with E-state index in [9.17, 15) is 9.59 Å². The summed E-state index contributed by atoms with van der Waals surface area (Å²) in [6.07, 6.45) is 1.12. The number of fused-ring (bicyclic) bond motifs is 2. The number of alkyl halides is 2. The van der Waals surface area contributed by atoms with Crippen molar-refractivity contribution in [1.82, 2.24) is 0 Å². The largest absolute Gasteiger partial charge is 0.298 e. The molecule has 80 valence electrons. The highest BCUT2D eigenvalue weighted by Crippen LogP contribution is 2.70. The van der Waals surface area contributed by atoms with Crippen molar-refractivity contribution < 1.29 is 9.59 Å². The average Bonchev–Trinajstić information content (AvgIpc) is 2.85. The van der Waals surface area contributed by atoms with Crippen molar-refractivity contribution in [3.63, 3.8) is 0 Å². The average molecular weight is 334 g/mol. The zero-order chi connectivity index (χ0) is 10.5. The van der Waals surface area contributed by atoms with E-state index in [1.54, 1.807) is 0 Å². The molecule has 0 spiro atoms. The molecule has 4 aliphatic rings. The van der Waals surface area contributed by atoms with Gasteiger partial charge < -0.3 is 0 Å². The Morgan fingerprint density at radius 2 is 1.27 bits per heavy atom. The van der Waals surface area contributed by atoms with Gasteiger partial charge in [-0.2, -0.15) is 0 Å². The molecule has 0 radical (unpaired) electrons. The van der Waals surface area contributed by atoms with Crippen LogP contribution in [0.5, 0.6) is 0 Å². The molecule has 0 aromatic rings. The molecule has 4 fully saturated rings. The van der Waals surface area contributed by atoms with Gasteiger partial charge in [-0.1, -0.05) is 31.9 Å². The third-order valence-electron chi connectivity index (χ3n) is 5.16. The Bertz CT molecular complexity index is 358. The molecule has 0 aromatic carbocycles. The van der Waals surface area contributed by atoms with E-state index in [0.717, 1.165) is 6.42 Å². The fourth-order valence-corrected chi connectivity index (χ4v) is 6.95. The highest BCUT2D eigenvalue weighted by molar-refractivity contribution is 9.10. The normalized spacial score (nSPS) is 64.7. The van der Waals surface area contributed by atoms with Gasteiger partial charge in [0.15, 0.2) is 11.6 Å². The Hall–Kier alpha value is 0.300. The van der Waals surface area contributed by atoms with Crippen LogP contribution < -0.4 is 0 Å². The van der Waals surface area contributed by atoms with Gasteiger partial charge in [0.1, 0.15) is 0 Å². The summed E-state index contributed by atoms with van der Waals surface area (Å²) in [6, 6.07) is 0. The predicted octanol–water partition coefficient (Wildman–Crippen LogP) is 1.79. The summed E-state index contributed by atoms with van der Waals surface area (Å²) in [5.41, 5.74) is 0. The van der Waals surface area contributed by atoms with Gasteiger partial charge in [0.2, 0.25) is 0 Å². The highest BCUT2D eigenvalue weighted by Gasteiger charge is 2.74. The molecule has 2 nitrogen and oxygen atoms in total. The molecule has 4 rings (SSSR count). The summed E-state index contributed by atoms with van der Waals surface area (Å²) in [5, 5.41) is 0. The summed E-state index contributed by atoms with van der Waals surface area (Å²) in [7, 11) is 0. The molecule has 4 saturated carbocycles. The fourth-order valence-electron chi connectivity index (χ4n) is 4.85. The number of ketones is 2. The van der Waals surface area contributed by atoms with Gasteiger partial charge in [-0.15, -0.1) is 0 Å². The Balaban J connectivity index is 1.93. The lowest BCUT2D eigenvalue weighted by molar-refractivity contribution is -0.128. The number of hydrogen-bond acceptors (Lipinski definition) is 2. The maximum atomic E-state index is 12.1. The van der Waals surface area contributed by atoms with E-state index < -0.39 is 0 Å². The van der Waals surface area contributed by atoms with Gasteiger partial charge >= 0.3 is 0 Å². The molecule has 2 bridgehead atoms. The van der Waals surface area contributed by atoms with E-state index in [-0.39, 0.29) is 21.5 Å². The molecular weight excluding hydrogens is 324 g/mol. The van der Waals surface area contributed by atoms with Crippen molar-refractivity contribution >= 4 is 43.4 Å². The van der Waals surface area contributed by atoms with Gasteiger partial charge in [0.25, 0.3) is 0 Å². The van der Waals surface area contributed by atoms with Crippen LogP contribution in [-0.4, -0.2) is 21.2 Å². The van der Waals surface area contributed by atoms with Crippen molar-refractivity contribution in [3.8, 4) is 0 Å². The van der Waals surface area contributed by atoms with E-state index in [4.69, 9.17) is 0 Å². The van der Waals surface area contributed by atoms with Crippen LogP contribution in [0, 0.1) is 35.5 Å². The lowest BCUT2D eigenvalue weighted by atomic mass is 9.79. The molecule has 0 unspecified atom stereocenters. The first-order chi connectivity index (χ1) is 7.13. The van der Waals surface area contributed by atoms with Gasteiger partial charge in [0, 0.05) is 11.8 Å². The molecule has 0 aliphatic heterocycles. The van der Waals surface area contributed by atoms with Crippen molar-refractivity contribution in [3.05, 3.63) is 0 Å². The van der Waals surface area contributed by atoms with Crippen LogP contribution in [-0.2, 0) is 9.59 Å². The smallest absolute Gasteiger partial charge is 0.150 e. The number of halogens is 2. The molecule has 4 heteroatoms.